The largest absolute Gasteiger partial charge is 0.416 e. The minimum atomic E-state index is -5.21. The van der Waals surface area contributed by atoms with Crippen molar-refractivity contribution in [1.29, 1.82) is 0 Å². The molecule has 0 radical (unpaired) electrons. The van der Waals surface area contributed by atoms with Gasteiger partial charge in [-0.05, 0) is 37.1 Å². The monoisotopic (exact) mass is 470 g/mol. The van der Waals surface area contributed by atoms with E-state index in [1.165, 1.54) is 11.1 Å². The maximum Gasteiger partial charge on any atom is 0.416 e. The summed E-state index contributed by atoms with van der Waals surface area (Å²) in [4.78, 5) is 12.5. The van der Waals surface area contributed by atoms with Crippen molar-refractivity contribution in [3.63, 3.8) is 0 Å². The number of nitrogens with zero attached hydrogens (tertiary/aromatic N) is 3. The van der Waals surface area contributed by atoms with Gasteiger partial charge in [-0.2, -0.15) is 22.0 Å². The van der Waals surface area contributed by atoms with Gasteiger partial charge in [0.15, 0.2) is 0 Å². The highest BCUT2D eigenvalue weighted by Gasteiger charge is 2.53. The fourth-order valence-electron chi connectivity index (χ4n) is 3.02. The lowest BCUT2D eigenvalue weighted by atomic mass is 9.97. The number of likely N-dealkylation sites (tertiary alicyclic amines) is 1. The smallest absolute Gasteiger partial charge is 0.324 e. The first kappa shape index (κ1) is 22.3. The van der Waals surface area contributed by atoms with Crippen molar-refractivity contribution in [2.75, 3.05) is 18.4 Å². The molecule has 0 atom stereocenters. The number of anilines is 1. The number of halogens is 5. The Morgan fingerprint density at radius 2 is 1.70 bits per heavy atom. The van der Waals surface area contributed by atoms with Gasteiger partial charge in [0.1, 0.15) is 5.00 Å². The molecule has 1 N–H and O–H groups in total. The quantitative estimate of drug-likeness (QED) is 0.685. The lowest BCUT2D eigenvalue weighted by molar-refractivity contribution is -0.137. The summed E-state index contributed by atoms with van der Waals surface area (Å²) in [6.45, 7) is -0.221. The highest BCUT2D eigenvalue weighted by atomic mass is 32.2. The number of carbonyl (C=O) groups excluding carboxylic acids is 1. The molecule has 0 bridgehead atoms. The van der Waals surface area contributed by atoms with Crippen LogP contribution in [0.1, 0.15) is 18.4 Å². The van der Waals surface area contributed by atoms with Crippen LogP contribution in [-0.2, 0) is 16.0 Å². The van der Waals surface area contributed by atoms with Crippen molar-refractivity contribution in [3.8, 4) is 0 Å². The molecule has 0 saturated carbocycles. The summed E-state index contributed by atoms with van der Waals surface area (Å²) in [6, 6.07) is 1.40. The molecule has 164 valence electrons. The molecule has 3 rings (SSSR count). The van der Waals surface area contributed by atoms with Crippen molar-refractivity contribution >= 4 is 32.4 Å². The predicted octanol–water partition coefficient (Wildman–Crippen LogP) is 3.87. The van der Waals surface area contributed by atoms with E-state index in [0.717, 1.165) is 11.5 Å². The Balaban J connectivity index is 1.68. The number of piperidine rings is 1. The molecule has 0 spiro atoms. The van der Waals surface area contributed by atoms with E-state index < -0.39 is 43.7 Å². The highest BCUT2D eigenvalue weighted by Crippen LogP contribution is 2.41. The van der Waals surface area contributed by atoms with Gasteiger partial charge >= 0.3 is 17.5 Å². The van der Waals surface area contributed by atoms with Crippen molar-refractivity contribution in [3.05, 3.63) is 36.0 Å². The van der Waals surface area contributed by atoms with E-state index >= 15 is 0 Å². The van der Waals surface area contributed by atoms with Crippen LogP contribution >= 0.6 is 11.5 Å². The molecule has 0 unspecified atom stereocenters. The fraction of sp³-hybridized carbons (Fsp3) is 0.438. The van der Waals surface area contributed by atoms with E-state index in [-0.39, 0.29) is 25.9 Å². The molecule has 2 heterocycles. The lowest BCUT2D eigenvalue weighted by Gasteiger charge is -2.35. The van der Waals surface area contributed by atoms with Crippen LogP contribution in [0, 0.1) is 5.92 Å². The molecule has 0 aliphatic carbocycles. The maximum absolute atomic E-state index is 14.8. The van der Waals surface area contributed by atoms with Crippen molar-refractivity contribution in [2.24, 2.45) is 5.92 Å². The second kappa shape index (κ2) is 8.06. The van der Waals surface area contributed by atoms with Crippen molar-refractivity contribution < 1.29 is 35.2 Å². The highest BCUT2D eigenvalue weighted by molar-refractivity contribution is 7.92. The number of rotatable bonds is 4. The van der Waals surface area contributed by atoms with Gasteiger partial charge in [0.2, 0.25) is 9.84 Å². The first-order valence-electron chi connectivity index (χ1n) is 8.56. The third kappa shape index (κ3) is 4.38. The average Bonchev–Trinajstić information content (AvgIpc) is 3.20. The Morgan fingerprint density at radius 3 is 2.20 bits per heavy atom. The standard InChI is InChI=1S/C16H15F5N4O3S2/c17-15(18,19)10-1-3-12(4-2-10)30(27,28)16(20,21)11-5-7-25(8-6-11)14(26)23-13-9-22-24-29-13/h1-4,9,11H,5-8H2,(H,23,26). The third-order valence-electron chi connectivity index (χ3n) is 4.70. The topological polar surface area (TPSA) is 92.3 Å². The van der Waals surface area contributed by atoms with E-state index in [4.69, 9.17) is 0 Å². The number of amides is 2. The minimum absolute atomic E-state index is 0.110. The number of hydrogen-bond acceptors (Lipinski definition) is 6. The summed E-state index contributed by atoms with van der Waals surface area (Å²) in [5, 5.41) is 2.22. The second-order valence-electron chi connectivity index (χ2n) is 6.56. The summed E-state index contributed by atoms with van der Waals surface area (Å²) in [5.41, 5.74) is -1.14. The van der Waals surface area contributed by atoms with Crippen LogP contribution in [0.5, 0.6) is 0 Å². The lowest BCUT2D eigenvalue weighted by Crippen LogP contribution is -2.47. The SMILES string of the molecule is O=C(Nc1cnns1)N1CCC(C(F)(F)S(=O)(=O)c2ccc(C(F)(F)F)cc2)CC1. The zero-order valence-electron chi connectivity index (χ0n) is 15.1. The zero-order chi connectivity index (χ0) is 22.2. The number of sulfone groups is 1. The molecular formula is C16H15F5N4O3S2. The molecule has 30 heavy (non-hydrogen) atoms. The van der Waals surface area contributed by atoms with E-state index in [0.29, 0.717) is 29.3 Å². The molecule has 1 aliphatic rings. The summed E-state index contributed by atoms with van der Waals surface area (Å²) in [5.74, 6) is -1.58. The van der Waals surface area contributed by atoms with E-state index in [2.05, 4.69) is 14.9 Å². The molecular weight excluding hydrogens is 455 g/mol. The fourth-order valence-corrected chi connectivity index (χ4v) is 4.92. The normalized spacial score (nSPS) is 16.5. The van der Waals surface area contributed by atoms with Gasteiger partial charge in [0, 0.05) is 30.5 Å². The maximum atomic E-state index is 14.8. The predicted molar refractivity (Wildman–Crippen MR) is 96.8 cm³/mol. The van der Waals surface area contributed by atoms with E-state index in [1.54, 1.807) is 0 Å². The number of alkyl halides is 5. The Kier molecular flexibility index (Phi) is 6.00. The number of nitrogens with one attached hydrogen (secondary N) is 1. The van der Waals surface area contributed by atoms with Crippen LogP contribution in [0.25, 0.3) is 0 Å². The average molecular weight is 470 g/mol. The third-order valence-corrected chi connectivity index (χ3v) is 7.22. The van der Waals surface area contributed by atoms with Crippen LogP contribution in [0.15, 0.2) is 35.4 Å². The second-order valence-corrected chi connectivity index (χ2v) is 9.37. The Bertz CT molecular complexity index is 987. The number of hydrogen-bond donors (Lipinski definition) is 1. The van der Waals surface area contributed by atoms with Crippen molar-refractivity contribution in [2.45, 2.75) is 29.2 Å². The number of urea groups is 1. The zero-order valence-corrected chi connectivity index (χ0v) is 16.7. The van der Waals surface area contributed by atoms with Crippen LogP contribution in [0.4, 0.5) is 31.7 Å². The van der Waals surface area contributed by atoms with Gasteiger partial charge in [0.05, 0.1) is 16.7 Å². The first-order chi connectivity index (χ1) is 13.9. The number of aromatic nitrogens is 2. The minimum Gasteiger partial charge on any atom is -0.324 e. The molecule has 2 aromatic rings. The molecule has 1 aromatic carbocycles. The molecule has 2 amide bonds. The number of benzene rings is 1. The number of carbonyl (C=O) groups is 1. The Hall–Kier alpha value is -2.35. The van der Waals surface area contributed by atoms with Crippen LogP contribution in [0.2, 0.25) is 0 Å². The van der Waals surface area contributed by atoms with E-state index in [9.17, 15) is 35.2 Å². The molecule has 1 aliphatic heterocycles. The van der Waals surface area contributed by atoms with Gasteiger partial charge in [-0.15, -0.1) is 5.10 Å². The Labute approximate surface area is 172 Å². The van der Waals surface area contributed by atoms with Crippen LogP contribution in [-0.4, -0.2) is 47.3 Å². The van der Waals surface area contributed by atoms with Crippen LogP contribution < -0.4 is 5.32 Å². The molecule has 7 nitrogen and oxygen atoms in total. The van der Waals surface area contributed by atoms with Gasteiger partial charge < -0.3 is 4.90 Å². The van der Waals surface area contributed by atoms with Gasteiger partial charge in [-0.3, -0.25) is 5.32 Å². The summed E-state index contributed by atoms with van der Waals surface area (Å²) >= 11 is 0.934. The Morgan fingerprint density at radius 1 is 1.10 bits per heavy atom. The summed E-state index contributed by atoms with van der Waals surface area (Å²) in [7, 11) is -5.21. The summed E-state index contributed by atoms with van der Waals surface area (Å²) < 4.78 is 95.8. The van der Waals surface area contributed by atoms with Gasteiger partial charge in [0.25, 0.3) is 0 Å². The molecule has 1 fully saturated rings. The van der Waals surface area contributed by atoms with Crippen molar-refractivity contribution in [1.82, 2.24) is 14.5 Å². The van der Waals surface area contributed by atoms with E-state index in [1.807, 2.05) is 0 Å². The summed E-state index contributed by atoms with van der Waals surface area (Å²) in [6.07, 6.45) is -3.98. The van der Waals surface area contributed by atoms with Crippen LogP contribution in [0.3, 0.4) is 0 Å². The van der Waals surface area contributed by atoms with Gasteiger partial charge in [-0.25, -0.2) is 13.2 Å². The van der Waals surface area contributed by atoms with Gasteiger partial charge in [-0.1, -0.05) is 4.49 Å². The molecule has 1 saturated heterocycles. The molecule has 14 heteroatoms. The molecule has 1 aromatic heterocycles. The first-order valence-corrected chi connectivity index (χ1v) is 10.8.